The van der Waals surface area contributed by atoms with Gasteiger partial charge in [0.2, 0.25) is 5.88 Å². The van der Waals surface area contributed by atoms with Crippen molar-refractivity contribution in [2.24, 2.45) is 0 Å². The van der Waals surface area contributed by atoms with Crippen LogP contribution in [0.25, 0.3) is 0 Å². The van der Waals surface area contributed by atoms with E-state index in [0.717, 1.165) is 5.82 Å². The van der Waals surface area contributed by atoms with E-state index in [1.807, 2.05) is 6.92 Å². The SMILES string of the molecule is COc1cc(NCC(C)OC)ncn1. The van der Waals surface area contributed by atoms with Crippen molar-refractivity contribution in [1.29, 1.82) is 0 Å². The van der Waals surface area contributed by atoms with Crippen LogP contribution in [0.3, 0.4) is 0 Å². The van der Waals surface area contributed by atoms with Crippen LogP contribution >= 0.6 is 0 Å². The van der Waals surface area contributed by atoms with Crippen LogP contribution in [0.2, 0.25) is 0 Å². The molecule has 0 saturated heterocycles. The van der Waals surface area contributed by atoms with Gasteiger partial charge in [0.1, 0.15) is 12.1 Å². The maximum atomic E-state index is 5.09. The summed E-state index contributed by atoms with van der Waals surface area (Å²) in [5, 5.41) is 3.11. The van der Waals surface area contributed by atoms with Crippen molar-refractivity contribution in [2.75, 3.05) is 26.1 Å². The number of methoxy groups -OCH3 is 2. The molecule has 78 valence electrons. The van der Waals surface area contributed by atoms with E-state index in [4.69, 9.17) is 9.47 Å². The Morgan fingerprint density at radius 3 is 2.86 bits per heavy atom. The highest BCUT2D eigenvalue weighted by Crippen LogP contribution is 2.09. The third kappa shape index (κ3) is 3.18. The summed E-state index contributed by atoms with van der Waals surface area (Å²) < 4.78 is 10.1. The predicted octanol–water partition coefficient (Wildman–Crippen LogP) is 0.932. The van der Waals surface area contributed by atoms with Gasteiger partial charge in [0.25, 0.3) is 0 Å². The van der Waals surface area contributed by atoms with Gasteiger partial charge < -0.3 is 14.8 Å². The minimum absolute atomic E-state index is 0.149. The Bertz CT molecular complexity index is 281. The van der Waals surface area contributed by atoms with Crippen LogP contribution in [0.4, 0.5) is 5.82 Å². The molecule has 5 heteroatoms. The minimum atomic E-state index is 0.149. The van der Waals surface area contributed by atoms with Crippen LogP contribution in [0, 0.1) is 0 Å². The van der Waals surface area contributed by atoms with Gasteiger partial charge in [0.05, 0.1) is 13.2 Å². The second-order valence-corrected chi connectivity index (χ2v) is 2.87. The maximum absolute atomic E-state index is 5.09. The van der Waals surface area contributed by atoms with Crippen molar-refractivity contribution >= 4 is 5.82 Å². The number of aromatic nitrogens is 2. The van der Waals surface area contributed by atoms with E-state index in [1.165, 1.54) is 6.33 Å². The highest BCUT2D eigenvalue weighted by atomic mass is 16.5. The molecule has 0 saturated carbocycles. The summed E-state index contributed by atoms with van der Waals surface area (Å²) in [6.45, 7) is 2.68. The molecular formula is C9H15N3O2. The lowest BCUT2D eigenvalue weighted by molar-refractivity contribution is 0.128. The van der Waals surface area contributed by atoms with Gasteiger partial charge in [-0.05, 0) is 6.92 Å². The minimum Gasteiger partial charge on any atom is -0.481 e. The molecule has 1 heterocycles. The maximum Gasteiger partial charge on any atom is 0.218 e. The Morgan fingerprint density at radius 1 is 1.43 bits per heavy atom. The van der Waals surface area contributed by atoms with Gasteiger partial charge in [0.15, 0.2) is 0 Å². The van der Waals surface area contributed by atoms with E-state index in [2.05, 4.69) is 15.3 Å². The molecule has 1 atom stereocenters. The first-order valence-corrected chi connectivity index (χ1v) is 4.39. The van der Waals surface area contributed by atoms with Crippen molar-refractivity contribution < 1.29 is 9.47 Å². The van der Waals surface area contributed by atoms with Crippen molar-refractivity contribution in [2.45, 2.75) is 13.0 Å². The van der Waals surface area contributed by atoms with Crippen LogP contribution in [-0.4, -0.2) is 36.8 Å². The fraction of sp³-hybridized carbons (Fsp3) is 0.556. The van der Waals surface area contributed by atoms with Gasteiger partial charge in [-0.3, -0.25) is 0 Å². The first-order chi connectivity index (χ1) is 6.76. The van der Waals surface area contributed by atoms with Gasteiger partial charge in [0, 0.05) is 19.7 Å². The number of hydrogen-bond acceptors (Lipinski definition) is 5. The molecule has 0 bridgehead atoms. The second kappa shape index (κ2) is 5.39. The first-order valence-electron chi connectivity index (χ1n) is 4.39. The van der Waals surface area contributed by atoms with Crippen molar-refractivity contribution in [3.8, 4) is 5.88 Å². The topological polar surface area (TPSA) is 56.3 Å². The van der Waals surface area contributed by atoms with Gasteiger partial charge in [-0.25, -0.2) is 9.97 Å². The molecular weight excluding hydrogens is 182 g/mol. The lowest BCUT2D eigenvalue weighted by Crippen LogP contribution is -2.18. The summed E-state index contributed by atoms with van der Waals surface area (Å²) in [7, 11) is 3.25. The molecule has 0 aliphatic rings. The van der Waals surface area contributed by atoms with Crippen LogP contribution in [0.5, 0.6) is 5.88 Å². The van der Waals surface area contributed by atoms with Gasteiger partial charge in [-0.1, -0.05) is 0 Å². The Hall–Kier alpha value is -1.36. The number of rotatable bonds is 5. The normalized spacial score (nSPS) is 12.2. The summed E-state index contributed by atoms with van der Waals surface area (Å²) in [4.78, 5) is 7.94. The van der Waals surface area contributed by atoms with Crippen molar-refractivity contribution in [3.63, 3.8) is 0 Å². The summed E-state index contributed by atoms with van der Waals surface area (Å²) >= 11 is 0. The van der Waals surface area contributed by atoms with Crippen molar-refractivity contribution in [3.05, 3.63) is 12.4 Å². The van der Waals surface area contributed by atoms with Gasteiger partial charge >= 0.3 is 0 Å². The number of ether oxygens (including phenoxy) is 2. The van der Waals surface area contributed by atoms with E-state index < -0.39 is 0 Å². The Labute approximate surface area is 83.5 Å². The molecule has 1 N–H and O–H groups in total. The van der Waals surface area contributed by atoms with Gasteiger partial charge in [-0.2, -0.15) is 0 Å². The molecule has 1 aromatic rings. The zero-order valence-electron chi connectivity index (χ0n) is 8.65. The highest BCUT2D eigenvalue weighted by molar-refractivity contribution is 5.36. The molecule has 1 aromatic heterocycles. The number of nitrogens with zero attached hydrogens (tertiary/aromatic N) is 2. The van der Waals surface area contributed by atoms with Crippen LogP contribution in [0.15, 0.2) is 12.4 Å². The van der Waals surface area contributed by atoms with E-state index in [-0.39, 0.29) is 6.10 Å². The Morgan fingerprint density at radius 2 is 2.21 bits per heavy atom. The molecule has 1 unspecified atom stereocenters. The van der Waals surface area contributed by atoms with E-state index in [1.54, 1.807) is 20.3 Å². The third-order valence-corrected chi connectivity index (χ3v) is 1.82. The standard InChI is InChI=1S/C9H15N3O2/c1-7(13-2)5-10-8-4-9(14-3)12-6-11-8/h4,6-7H,5H2,1-3H3,(H,10,11,12). The summed E-state index contributed by atoms with van der Waals surface area (Å²) in [5.41, 5.74) is 0. The molecule has 14 heavy (non-hydrogen) atoms. The monoisotopic (exact) mass is 197 g/mol. The zero-order chi connectivity index (χ0) is 10.4. The quantitative estimate of drug-likeness (QED) is 0.761. The smallest absolute Gasteiger partial charge is 0.218 e. The molecule has 0 amide bonds. The number of hydrogen-bond donors (Lipinski definition) is 1. The fourth-order valence-corrected chi connectivity index (χ4v) is 0.879. The summed E-state index contributed by atoms with van der Waals surface area (Å²) in [6.07, 6.45) is 1.61. The zero-order valence-corrected chi connectivity index (χ0v) is 8.65. The molecule has 0 aliphatic heterocycles. The van der Waals surface area contributed by atoms with Crippen LogP contribution in [-0.2, 0) is 4.74 Å². The average molecular weight is 197 g/mol. The van der Waals surface area contributed by atoms with Crippen LogP contribution in [0.1, 0.15) is 6.92 Å². The summed E-state index contributed by atoms with van der Waals surface area (Å²) in [5.74, 6) is 1.29. The fourth-order valence-electron chi connectivity index (χ4n) is 0.879. The molecule has 0 aliphatic carbocycles. The van der Waals surface area contributed by atoms with E-state index >= 15 is 0 Å². The predicted molar refractivity (Wildman–Crippen MR) is 53.5 cm³/mol. The Kier molecular flexibility index (Phi) is 4.12. The first kappa shape index (κ1) is 10.7. The Balaban J connectivity index is 2.50. The molecule has 0 fully saturated rings. The van der Waals surface area contributed by atoms with Crippen molar-refractivity contribution in [1.82, 2.24) is 9.97 Å². The lowest BCUT2D eigenvalue weighted by Gasteiger charge is -2.11. The second-order valence-electron chi connectivity index (χ2n) is 2.87. The summed E-state index contributed by atoms with van der Waals surface area (Å²) in [6, 6.07) is 1.74. The van der Waals surface area contributed by atoms with E-state index in [9.17, 15) is 0 Å². The van der Waals surface area contributed by atoms with Gasteiger partial charge in [-0.15, -0.1) is 0 Å². The lowest BCUT2D eigenvalue weighted by atomic mass is 10.4. The number of nitrogens with one attached hydrogen (secondary N) is 1. The molecule has 0 aromatic carbocycles. The third-order valence-electron chi connectivity index (χ3n) is 1.82. The highest BCUT2D eigenvalue weighted by Gasteiger charge is 2.01. The average Bonchev–Trinajstić information content (AvgIpc) is 2.26. The molecule has 1 rings (SSSR count). The molecule has 5 nitrogen and oxygen atoms in total. The largest absolute Gasteiger partial charge is 0.481 e. The van der Waals surface area contributed by atoms with E-state index in [0.29, 0.717) is 12.4 Å². The van der Waals surface area contributed by atoms with Crippen LogP contribution < -0.4 is 10.1 Å². The number of anilines is 1. The molecule has 0 spiro atoms. The molecule has 0 radical (unpaired) electrons.